The van der Waals surface area contributed by atoms with Gasteiger partial charge in [0.25, 0.3) is 5.91 Å². The van der Waals surface area contributed by atoms with E-state index in [-0.39, 0.29) is 12.5 Å². The molecule has 0 unspecified atom stereocenters. The molecule has 2 fully saturated rings. The fourth-order valence-corrected chi connectivity index (χ4v) is 4.13. The lowest BCUT2D eigenvalue weighted by atomic mass is 10.1. The molecule has 5 nitrogen and oxygen atoms in total. The first-order chi connectivity index (χ1) is 12.3. The average Bonchev–Trinajstić information content (AvgIpc) is 3.31. The van der Waals surface area contributed by atoms with Gasteiger partial charge in [-0.25, -0.2) is 0 Å². The Morgan fingerprint density at radius 3 is 2.76 bits per heavy atom. The van der Waals surface area contributed by atoms with Crippen molar-refractivity contribution in [3.8, 4) is 5.75 Å². The molecular weight excluding hydrogens is 316 g/mol. The van der Waals surface area contributed by atoms with Crippen LogP contribution in [-0.4, -0.2) is 67.7 Å². The van der Waals surface area contributed by atoms with Crippen LogP contribution in [0.5, 0.6) is 5.75 Å². The van der Waals surface area contributed by atoms with Crippen molar-refractivity contribution in [3.63, 3.8) is 0 Å². The Balaban J connectivity index is 1.21. The molecule has 2 aliphatic heterocycles. The summed E-state index contributed by atoms with van der Waals surface area (Å²) in [6.45, 7) is 5.51. The molecule has 25 heavy (non-hydrogen) atoms. The highest BCUT2D eigenvalue weighted by Crippen LogP contribution is 2.26. The van der Waals surface area contributed by atoms with E-state index in [1.165, 1.54) is 36.8 Å². The van der Waals surface area contributed by atoms with Gasteiger partial charge in [0.15, 0.2) is 6.61 Å². The van der Waals surface area contributed by atoms with Crippen LogP contribution in [0.2, 0.25) is 0 Å². The number of carbonyl (C=O) groups excluding carboxylic acids is 1. The van der Waals surface area contributed by atoms with Crippen LogP contribution in [0.1, 0.15) is 30.4 Å². The smallest absolute Gasteiger partial charge is 0.260 e. The maximum absolute atomic E-state index is 12.4. The highest BCUT2D eigenvalue weighted by Gasteiger charge is 2.25. The molecule has 0 spiro atoms. The zero-order chi connectivity index (χ0) is 17.1. The molecule has 0 radical (unpaired) electrons. The van der Waals surface area contributed by atoms with Crippen LogP contribution in [0.3, 0.4) is 0 Å². The summed E-state index contributed by atoms with van der Waals surface area (Å²) in [4.78, 5) is 16.8. The monoisotopic (exact) mass is 344 g/mol. The Kier molecular flexibility index (Phi) is 5.22. The molecule has 0 saturated carbocycles. The van der Waals surface area contributed by atoms with Gasteiger partial charge in [-0.1, -0.05) is 6.07 Å². The van der Waals surface area contributed by atoms with Crippen LogP contribution in [0.4, 0.5) is 0 Å². The van der Waals surface area contributed by atoms with Crippen LogP contribution in [-0.2, 0) is 22.4 Å². The van der Waals surface area contributed by atoms with Crippen LogP contribution >= 0.6 is 0 Å². The lowest BCUT2D eigenvalue weighted by molar-refractivity contribution is -0.135. The van der Waals surface area contributed by atoms with Gasteiger partial charge < -0.3 is 14.4 Å². The Morgan fingerprint density at radius 1 is 1.12 bits per heavy atom. The van der Waals surface area contributed by atoms with Crippen molar-refractivity contribution in [2.75, 3.05) is 45.9 Å². The largest absolute Gasteiger partial charge is 0.484 e. The van der Waals surface area contributed by atoms with Gasteiger partial charge in [-0.15, -0.1) is 0 Å². The maximum Gasteiger partial charge on any atom is 0.260 e. The molecule has 1 aliphatic carbocycles. The summed E-state index contributed by atoms with van der Waals surface area (Å²) in [5, 5.41) is 0. The molecule has 2 saturated heterocycles. The standard InChI is InChI=1S/C20H28N2O3/c23-20(15-25-18-7-6-16-3-1-4-17(16)13-18)22-10-8-21(9-11-22)14-19-5-2-12-24-19/h6-7,13,19H,1-5,8-12,14-15H2/t19-/m1/s1. The van der Waals surface area contributed by atoms with Crippen molar-refractivity contribution in [1.29, 1.82) is 0 Å². The first kappa shape index (κ1) is 16.9. The van der Waals surface area contributed by atoms with Crippen LogP contribution in [0.15, 0.2) is 18.2 Å². The van der Waals surface area contributed by atoms with Crippen LogP contribution < -0.4 is 4.74 Å². The van der Waals surface area contributed by atoms with Crippen LogP contribution in [0.25, 0.3) is 0 Å². The van der Waals surface area contributed by atoms with Gasteiger partial charge in [0, 0.05) is 39.3 Å². The van der Waals surface area contributed by atoms with E-state index in [1.54, 1.807) is 0 Å². The van der Waals surface area contributed by atoms with E-state index in [2.05, 4.69) is 17.0 Å². The first-order valence-electron chi connectivity index (χ1n) is 9.64. The number of hydrogen-bond donors (Lipinski definition) is 0. The predicted molar refractivity (Wildman–Crippen MR) is 96.0 cm³/mol. The van der Waals surface area contributed by atoms with Crippen molar-refractivity contribution in [2.24, 2.45) is 0 Å². The number of piperazine rings is 1. The van der Waals surface area contributed by atoms with E-state index >= 15 is 0 Å². The lowest BCUT2D eigenvalue weighted by Crippen LogP contribution is -2.51. The highest BCUT2D eigenvalue weighted by molar-refractivity contribution is 5.77. The molecule has 3 aliphatic rings. The third kappa shape index (κ3) is 4.15. The number of ether oxygens (including phenoxy) is 2. The lowest BCUT2D eigenvalue weighted by Gasteiger charge is -2.35. The second kappa shape index (κ2) is 7.75. The van der Waals surface area contributed by atoms with Gasteiger partial charge in [-0.2, -0.15) is 0 Å². The number of benzene rings is 1. The molecule has 4 rings (SSSR count). The Bertz CT molecular complexity index is 605. The van der Waals surface area contributed by atoms with Crippen molar-refractivity contribution in [3.05, 3.63) is 29.3 Å². The predicted octanol–water partition coefficient (Wildman–Crippen LogP) is 1.88. The molecular formula is C20H28N2O3. The third-order valence-electron chi connectivity index (χ3n) is 5.64. The number of aryl methyl sites for hydroxylation is 2. The van der Waals surface area contributed by atoms with Gasteiger partial charge in [0.2, 0.25) is 0 Å². The molecule has 0 N–H and O–H groups in total. The highest BCUT2D eigenvalue weighted by atomic mass is 16.5. The second-order valence-electron chi connectivity index (χ2n) is 7.39. The Morgan fingerprint density at radius 2 is 1.96 bits per heavy atom. The molecule has 2 heterocycles. The Hall–Kier alpha value is -1.59. The fraction of sp³-hybridized carbons (Fsp3) is 0.650. The maximum atomic E-state index is 12.4. The minimum Gasteiger partial charge on any atom is -0.484 e. The number of carbonyl (C=O) groups is 1. The van der Waals surface area contributed by atoms with Gasteiger partial charge in [-0.05, 0) is 55.4 Å². The van der Waals surface area contributed by atoms with Gasteiger partial charge in [-0.3, -0.25) is 9.69 Å². The van der Waals surface area contributed by atoms with Crippen molar-refractivity contribution in [1.82, 2.24) is 9.80 Å². The molecule has 1 atom stereocenters. The zero-order valence-corrected chi connectivity index (χ0v) is 14.9. The molecule has 1 aromatic carbocycles. The molecule has 0 bridgehead atoms. The number of rotatable bonds is 5. The van der Waals surface area contributed by atoms with Gasteiger partial charge >= 0.3 is 0 Å². The SMILES string of the molecule is O=C(COc1ccc2c(c1)CCC2)N1CCN(C[C@H]2CCCO2)CC1. The average molecular weight is 344 g/mol. The topological polar surface area (TPSA) is 42.0 Å². The fourth-order valence-electron chi connectivity index (χ4n) is 4.13. The summed E-state index contributed by atoms with van der Waals surface area (Å²) in [6.07, 6.45) is 6.29. The van der Waals surface area contributed by atoms with Gasteiger partial charge in [0.1, 0.15) is 5.75 Å². The van der Waals surface area contributed by atoms with E-state index in [1.807, 2.05) is 11.0 Å². The van der Waals surface area contributed by atoms with Crippen molar-refractivity contribution in [2.45, 2.75) is 38.2 Å². The number of amides is 1. The van der Waals surface area contributed by atoms with E-state index in [0.717, 1.165) is 51.5 Å². The molecule has 136 valence electrons. The Labute approximate surface area is 149 Å². The molecule has 5 heteroatoms. The summed E-state index contributed by atoms with van der Waals surface area (Å²) in [5.41, 5.74) is 2.81. The summed E-state index contributed by atoms with van der Waals surface area (Å²) in [5.74, 6) is 0.920. The third-order valence-corrected chi connectivity index (χ3v) is 5.64. The van der Waals surface area contributed by atoms with E-state index in [0.29, 0.717) is 6.10 Å². The minimum absolute atomic E-state index is 0.0947. The van der Waals surface area contributed by atoms with E-state index < -0.39 is 0 Å². The van der Waals surface area contributed by atoms with Crippen molar-refractivity contribution >= 4 is 5.91 Å². The summed E-state index contributed by atoms with van der Waals surface area (Å²) in [6, 6.07) is 6.25. The number of fused-ring (bicyclic) bond motifs is 1. The normalized spacial score (nSPS) is 23.7. The van der Waals surface area contributed by atoms with Crippen LogP contribution in [0, 0.1) is 0 Å². The zero-order valence-electron chi connectivity index (χ0n) is 14.9. The summed E-state index contributed by atoms with van der Waals surface area (Å²) >= 11 is 0. The quantitative estimate of drug-likeness (QED) is 0.818. The number of nitrogens with zero attached hydrogens (tertiary/aromatic N) is 2. The van der Waals surface area contributed by atoms with Gasteiger partial charge in [0.05, 0.1) is 6.10 Å². The second-order valence-corrected chi connectivity index (χ2v) is 7.39. The van der Waals surface area contributed by atoms with E-state index in [9.17, 15) is 4.79 Å². The molecule has 0 aromatic heterocycles. The number of hydrogen-bond acceptors (Lipinski definition) is 4. The van der Waals surface area contributed by atoms with E-state index in [4.69, 9.17) is 9.47 Å². The summed E-state index contributed by atoms with van der Waals surface area (Å²) < 4.78 is 11.5. The molecule has 1 amide bonds. The first-order valence-corrected chi connectivity index (χ1v) is 9.64. The molecule has 1 aromatic rings. The minimum atomic E-state index is 0.0947. The summed E-state index contributed by atoms with van der Waals surface area (Å²) in [7, 11) is 0. The van der Waals surface area contributed by atoms with Crippen molar-refractivity contribution < 1.29 is 14.3 Å².